The molecule has 0 radical (unpaired) electrons. The van der Waals surface area contributed by atoms with Gasteiger partial charge in [0, 0.05) is 23.9 Å². The average Bonchev–Trinajstić information content (AvgIpc) is 3.32. The Balaban J connectivity index is 1.85. The highest BCUT2D eigenvalue weighted by atomic mass is 35.5. The van der Waals surface area contributed by atoms with E-state index in [0.717, 1.165) is 17.8 Å². The summed E-state index contributed by atoms with van der Waals surface area (Å²) in [5.74, 6) is 13.2. The third-order valence-corrected chi connectivity index (χ3v) is 4.15. The van der Waals surface area contributed by atoms with Crippen molar-refractivity contribution >= 4 is 28.8 Å². The van der Waals surface area contributed by atoms with Crippen LogP contribution in [0.1, 0.15) is 24.0 Å². The molecule has 3 rings (SSSR count). The zero-order valence-electron chi connectivity index (χ0n) is 12.6. The molecule has 1 aliphatic carbocycles. The number of hydrogen-bond acceptors (Lipinski definition) is 5. The zero-order chi connectivity index (χ0) is 16.4. The third kappa shape index (κ3) is 3.67. The van der Waals surface area contributed by atoms with Crippen LogP contribution in [-0.2, 0) is 0 Å². The summed E-state index contributed by atoms with van der Waals surface area (Å²) in [6, 6.07) is 7.18. The summed E-state index contributed by atoms with van der Waals surface area (Å²) in [6.45, 7) is 0.793. The first kappa shape index (κ1) is 15.5. The summed E-state index contributed by atoms with van der Waals surface area (Å²) in [6.07, 6.45) is 4.06. The Morgan fingerprint density at radius 1 is 1.22 bits per heavy atom. The smallest absolute Gasteiger partial charge is 0.124 e. The molecule has 1 fully saturated rings. The fraction of sp³-hybridized carbons (Fsp3) is 0.235. The summed E-state index contributed by atoms with van der Waals surface area (Å²) in [7, 11) is 0. The van der Waals surface area contributed by atoms with E-state index >= 15 is 0 Å². The molecule has 1 aromatic heterocycles. The van der Waals surface area contributed by atoms with Crippen molar-refractivity contribution in [3.05, 3.63) is 46.6 Å². The van der Waals surface area contributed by atoms with Gasteiger partial charge >= 0.3 is 0 Å². The quantitative estimate of drug-likeness (QED) is 0.348. The van der Waals surface area contributed by atoms with E-state index < -0.39 is 0 Å². The average molecular weight is 328 g/mol. The normalized spacial score (nSPS) is 13.3. The minimum atomic E-state index is 0.420. The van der Waals surface area contributed by atoms with Crippen molar-refractivity contribution in [3.8, 4) is 11.8 Å². The van der Waals surface area contributed by atoms with Gasteiger partial charge in [-0.1, -0.05) is 23.4 Å². The molecular formula is C17H18ClN5. The predicted octanol–water partition coefficient (Wildman–Crippen LogP) is 2.39. The van der Waals surface area contributed by atoms with Gasteiger partial charge < -0.3 is 16.5 Å². The van der Waals surface area contributed by atoms with Crippen molar-refractivity contribution in [1.29, 1.82) is 0 Å². The molecule has 1 aromatic carbocycles. The summed E-state index contributed by atoms with van der Waals surface area (Å²) in [5.41, 5.74) is 14.4. The van der Waals surface area contributed by atoms with Gasteiger partial charge in [-0.3, -0.25) is 0 Å². The lowest BCUT2D eigenvalue weighted by molar-refractivity contribution is 0.751. The summed E-state index contributed by atoms with van der Waals surface area (Å²) >= 11 is 6.35. The molecule has 5 nitrogen and oxygen atoms in total. The maximum Gasteiger partial charge on any atom is 0.124 e. The van der Waals surface area contributed by atoms with Gasteiger partial charge in [0.2, 0.25) is 0 Å². The molecule has 0 atom stereocenters. The number of nitrogen functional groups attached to an aromatic ring is 2. The van der Waals surface area contributed by atoms with Gasteiger partial charge in [0.1, 0.15) is 5.82 Å². The van der Waals surface area contributed by atoms with Crippen LogP contribution in [0.5, 0.6) is 0 Å². The van der Waals surface area contributed by atoms with Crippen molar-refractivity contribution in [2.45, 2.75) is 12.8 Å². The van der Waals surface area contributed by atoms with Crippen molar-refractivity contribution < 1.29 is 0 Å². The molecule has 1 heterocycles. The molecule has 0 unspecified atom stereocenters. The summed E-state index contributed by atoms with van der Waals surface area (Å²) in [5, 5.41) is 2.09. The molecule has 118 valence electrons. The molecule has 23 heavy (non-hydrogen) atoms. The fourth-order valence-corrected chi connectivity index (χ4v) is 2.48. The standard InChI is InChI=1S/C17H18ClN5/c18-16-13(4-3-11-7-8-22-15(19)9-11)5-6-14(17(16)20)23(21)10-12-1-2-12/h5-9,12H,1-2,10,20-21H2,(H2,19,22). The van der Waals surface area contributed by atoms with Crippen LogP contribution in [-0.4, -0.2) is 11.5 Å². The molecule has 0 spiro atoms. The number of hydrazine groups is 1. The molecule has 1 aliphatic rings. The van der Waals surface area contributed by atoms with Gasteiger partial charge in [-0.25, -0.2) is 10.8 Å². The van der Waals surface area contributed by atoms with Crippen molar-refractivity contribution in [2.75, 3.05) is 23.0 Å². The van der Waals surface area contributed by atoms with Crippen molar-refractivity contribution in [1.82, 2.24) is 4.98 Å². The highest BCUT2D eigenvalue weighted by Gasteiger charge is 2.24. The largest absolute Gasteiger partial charge is 0.396 e. The van der Waals surface area contributed by atoms with E-state index in [2.05, 4.69) is 16.8 Å². The first-order valence-electron chi connectivity index (χ1n) is 7.38. The number of benzene rings is 1. The molecular weight excluding hydrogens is 310 g/mol. The van der Waals surface area contributed by atoms with Gasteiger partial charge in [-0.15, -0.1) is 0 Å². The van der Waals surface area contributed by atoms with E-state index in [1.165, 1.54) is 12.8 Å². The van der Waals surface area contributed by atoms with Gasteiger partial charge in [-0.2, -0.15) is 0 Å². The predicted molar refractivity (Wildman–Crippen MR) is 94.8 cm³/mol. The number of nitrogens with two attached hydrogens (primary N) is 3. The molecule has 6 heteroatoms. The van der Waals surface area contributed by atoms with Gasteiger partial charge in [0.25, 0.3) is 0 Å². The monoisotopic (exact) mass is 327 g/mol. The first-order valence-corrected chi connectivity index (χ1v) is 7.76. The minimum absolute atomic E-state index is 0.420. The molecule has 0 aliphatic heterocycles. The third-order valence-electron chi connectivity index (χ3n) is 3.74. The number of hydrogen-bond donors (Lipinski definition) is 3. The van der Waals surface area contributed by atoms with Crippen LogP contribution in [0.4, 0.5) is 17.2 Å². The van der Waals surface area contributed by atoms with E-state index in [9.17, 15) is 0 Å². The Morgan fingerprint density at radius 3 is 2.70 bits per heavy atom. The van der Waals surface area contributed by atoms with Crippen LogP contribution in [0.15, 0.2) is 30.5 Å². The maximum absolute atomic E-state index is 6.35. The molecule has 0 bridgehead atoms. The maximum atomic E-state index is 6.35. The lowest BCUT2D eigenvalue weighted by Crippen LogP contribution is -2.33. The van der Waals surface area contributed by atoms with Gasteiger partial charge in [0.15, 0.2) is 0 Å². The number of rotatable bonds is 3. The van der Waals surface area contributed by atoms with Crippen LogP contribution in [0.25, 0.3) is 0 Å². The number of pyridine rings is 1. The fourth-order valence-electron chi connectivity index (χ4n) is 2.27. The molecule has 1 saturated carbocycles. The number of halogens is 1. The van der Waals surface area contributed by atoms with Crippen LogP contribution in [0, 0.1) is 17.8 Å². The van der Waals surface area contributed by atoms with Crippen LogP contribution in [0.2, 0.25) is 5.02 Å². The zero-order valence-corrected chi connectivity index (χ0v) is 13.3. The summed E-state index contributed by atoms with van der Waals surface area (Å²) < 4.78 is 0. The Kier molecular flexibility index (Phi) is 4.28. The number of anilines is 3. The molecule has 6 N–H and O–H groups in total. The molecule has 2 aromatic rings. The Morgan fingerprint density at radius 2 is 2.00 bits per heavy atom. The number of nitrogens with zero attached hydrogens (tertiary/aromatic N) is 2. The van der Waals surface area contributed by atoms with E-state index in [-0.39, 0.29) is 0 Å². The lowest BCUT2D eigenvalue weighted by atomic mass is 10.1. The van der Waals surface area contributed by atoms with Crippen LogP contribution < -0.4 is 22.3 Å². The lowest BCUT2D eigenvalue weighted by Gasteiger charge is -2.21. The second kappa shape index (κ2) is 6.37. The Hall–Kier alpha value is -2.42. The molecule has 0 saturated heterocycles. The SMILES string of the molecule is Nc1cc(C#Cc2ccc(N(N)CC3CC3)c(N)c2Cl)ccn1. The highest BCUT2D eigenvalue weighted by Crippen LogP contribution is 2.35. The van der Waals surface area contributed by atoms with Gasteiger partial charge in [0.05, 0.1) is 16.4 Å². The Labute approximate surface area is 140 Å². The number of aromatic nitrogens is 1. The highest BCUT2D eigenvalue weighted by molar-refractivity contribution is 6.35. The van der Waals surface area contributed by atoms with Gasteiger partial charge in [-0.05, 0) is 43.0 Å². The van der Waals surface area contributed by atoms with Crippen LogP contribution in [0.3, 0.4) is 0 Å². The first-order chi connectivity index (χ1) is 11.0. The van der Waals surface area contributed by atoms with Crippen molar-refractivity contribution in [3.63, 3.8) is 0 Å². The second-order valence-corrected chi connectivity index (χ2v) is 6.05. The van der Waals surface area contributed by atoms with E-state index in [0.29, 0.717) is 28.0 Å². The minimum Gasteiger partial charge on any atom is -0.396 e. The Bertz CT molecular complexity index is 789. The molecule has 0 amide bonds. The van der Waals surface area contributed by atoms with E-state index in [4.69, 9.17) is 28.9 Å². The van der Waals surface area contributed by atoms with Crippen LogP contribution >= 0.6 is 11.6 Å². The second-order valence-electron chi connectivity index (χ2n) is 5.68. The van der Waals surface area contributed by atoms with E-state index in [1.54, 1.807) is 23.3 Å². The van der Waals surface area contributed by atoms with Crippen molar-refractivity contribution in [2.24, 2.45) is 11.8 Å². The topological polar surface area (TPSA) is 94.2 Å². The van der Waals surface area contributed by atoms with E-state index in [1.807, 2.05) is 12.1 Å². The summed E-state index contributed by atoms with van der Waals surface area (Å²) in [4.78, 5) is 3.93.